The second-order valence-electron chi connectivity index (χ2n) is 4.73. The van der Waals surface area contributed by atoms with Crippen molar-refractivity contribution in [2.45, 2.75) is 50.0 Å². The van der Waals surface area contributed by atoms with Gasteiger partial charge in [-0.2, -0.15) is 5.26 Å². The summed E-state index contributed by atoms with van der Waals surface area (Å²) in [6, 6.07) is 2.47. The van der Waals surface area contributed by atoms with Crippen LogP contribution < -0.4 is 0 Å². The molecule has 0 aromatic heterocycles. The van der Waals surface area contributed by atoms with Crippen LogP contribution in [0.3, 0.4) is 0 Å². The molecular weight excluding hydrogens is 198 g/mol. The molecule has 0 unspecified atom stereocenters. The van der Waals surface area contributed by atoms with Crippen molar-refractivity contribution < 1.29 is 5.11 Å². The molecule has 2 aliphatic carbocycles. The van der Waals surface area contributed by atoms with Gasteiger partial charge in [-0.15, -0.1) is 11.6 Å². The van der Waals surface area contributed by atoms with Crippen LogP contribution in [0.2, 0.25) is 0 Å². The summed E-state index contributed by atoms with van der Waals surface area (Å²) in [5.74, 6) is 0.381. The Morgan fingerprint density at radius 3 is 2.93 bits per heavy atom. The third kappa shape index (κ3) is 1.53. The van der Waals surface area contributed by atoms with E-state index in [2.05, 4.69) is 6.07 Å². The molecule has 0 heterocycles. The van der Waals surface area contributed by atoms with Crippen molar-refractivity contribution in [1.82, 2.24) is 0 Å². The molecule has 3 heteroatoms. The van der Waals surface area contributed by atoms with Crippen molar-refractivity contribution in [2.24, 2.45) is 11.3 Å². The van der Waals surface area contributed by atoms with Gasteiger partial charge in [0.2, 0.25) is 0 Å². The van der Waals surface area contributed by atoms with E-state index >= 15 is 0 Å². The van der Waals surface area contributed by atoms with E-state index in [-0.39, 0.29) is 10.8 Å². The van der Waals surface area contributed by atoms with Crippen LogP contribution in [0.5, 0.6) is 0 Å². The first-order valence-corrected chi connectivity index (χ1v) is 5.85. The Labute approximate surface area is 89.9 Å². The summed E-state index contributed by atoms with van der Waals surface area (Å²) in [6.45, 7) is 0. The van der Waals surface area contributed by atoms with Crippen LogP contribution in [0.4, 0.5) is 0 Å². The van der Waals surface area contributed by atoms with Crippen molar-refractivity contribution in [1.29, 1.82) is 5.26 Å². The predicted octanol–water partition coefficient (Wildman–Crippen LogP) is 2.45. The van der Waals surface area contributed by atoms with Gasteiger partial charge < -0.3 is 5.11 Å². The number of fused-ring (bicyclic) bond motifs is 1. The average Bonchev–Trinajstić information content (AvgIpc) is 2.20. The van der Waals surface area contributed by atoms with Crippen molar-refractivity contribution in [2.75, 3.05) is 0 Å². The first kappa shape index (κ1) is 10.3. The fraction of sp³-hybridized carbons (Fsp3) is 0.909. The van der Waals surface area contributed by atoms with E-state index in [1.807, 2.05) is 0 Å². The fourth-order valence-electron chi connectivity index (χ4n) is 3.04. The zero-order valence-corrected chi connectivity index (χ0v) is 9.00. The van der Waals surface area contributed by atoms with Crippen LogP contribution in [0.15, 0.2) is 0 Å². The summed E-state index contributed by atoms with van der Waals surface area (Å²) in [5.41, 5.74) is -0.218. The van der Waals surface area contributed by atoms with Gasteiger partial charge in [-0.1, -0.05) is 12.8 Å². The molecule has 2 aliphatic rings. The minimum absolute atomic E-state index is 0.218. The molecule has 78 valence electrons. The second-order valence-corrected chi connectivity index (χ2v) is 5.29. The molecule has 2 nitrogen and oxygen atoms in total. The highest BCUT2D eigenvalue weighted by Crippen LogP contribution is 2.51. The summed E-state index contributed by atoms with van der Waals surface area (Å²) in [5, 5.41) is 18.8. The van der Waals surface area contributed by atoms with Crippen molar-refractivity contribution in [3.8, 4) is 6.07 Å². The molecule has 2 saturated carbocycles. The molecule has 0 saturated heterocycles. The number of alkyl halides is 1. The number of hydrogen-bond acceptors (Lipinski definition) is 2. The zero-order chi connectivity index (χ0) is 10.2. The first-order valence-electron chi connectivity index (χ1n) is 5.41. The van der Waals surface area contributed by atoms with Gasteiger partial charge in [0.1, 0.15) is 0 Å². The number of nitriles is 1. The molecule has 0 radical (unpaired) electrons. The number of rotatable bonds is 0. The van der Waals surface area contributed by atoms with Crippen molar-refractivity contribution >= 4 is 11.6 Å². The van der Waals surface area contributed by atoms with E-state index in [1.54, 1.807) is 0 Å². The Kier molecular flexibility index (Phi) is 2.72. The van der Waals surface area contributed by atoms with E-state index < -0.39 is 6.10 Å². The lowest BCUT2D eigenvalue weighted by Gasteiger charge is -2.45. The van der Waals surface area contributed by atoms with E-state index in [1.165, 1.54) is 6.42 Å². The van der Waals surface area contributed by atoms with Crippen LogP contribution >= 0.6 is 11.6 Å². The predicted molar refractivity (Wildman–Crippen MR) is 54.9 cm³/mol. The van der Waals surface area contributed by atoms with E-state index in [0.29, 0.717) is 12.3 Å². The highest BCUT2D eigenvalue weighted by molar-refractivity contribution is 6.21. The smallest absolute Gasteiger partial charge is 0.0707 e. The second kappa shape index (κ2) is 3.72. The number of aliphatic hydroxyl groups excluding tert-OH is 1. The number of halogens is 1. The van der Waals surface area contributed by atoms with Crippen molar-refractivity contribution in [3.63, 3.8) is 0 Å². The Hall–Kier alpha value is -0.260. The topological polar surface area (TPSA) is 44.0 Å². The summed E-state index contributed by atoms with van der Waals surface area (Å²) in [7, 11) is 0. The Balaban J connectivity index is 2.20. The maximum Gasteiger partial charge on any atom is 0.0707 e. The highest BCUT2D eigenvalue weighted by Gasteiger charge is 2.48. The molecule has 2 fully saturated rings. The van der Waals surface area contributed by atoms with Crippen molar-refractivity contribution in [3.05, 3.63) is 0 Å². The first-order chi connectivity index (χ1) is 6.68. The molecule has 0 aliphatic heterocycles. The lowest BCUT2D eigenvalue weighted by atomic mass is 9.59. The van der Waals surface area contributed by atoms with Crippen LogP contribution in [0.1, 0.15) is 38.5 Å². The van der Waals surface area contributed by atoms with Crippen LogP contribution in [0.25, 0.3) is 0 Å². The molecule has 0 spiro atoms. The Bertz CT molecular complexity index is 263. The minimum Gasteiger partial charge on any atom is -0.392 e. The van der Waals surface area contributed by atoms with Gasteiger partial charge >= 0.3 is 0 Å². The standard InChI is InChI=1S/C11H16ClNO/c12-9-6-11(7-13)4-2-1-3-8(11)5-10(9)14/h8-10,14H,1-6H2/t8-,9-,10-,11-/m1/s1. The fourth-order valence-corrected chi connectivity index (χ4v) is 3.42. The van der Waals surface area contributed by atoms with Crippen LogP contribution in [-0.2, 0) is 0 Å². The lowest BCUT2D eigenvalue weighted by Crippen LogP contribution is -2.45. The SMILES string of the molecule is N#C[C@]12CCCC[C@@H]1C[C@@H](O)[C@H](Cl)C2. The number of aliphatic hydroxyl groups is 1. The van der Waals surface area contributed by atoms with Gasteiger partial charge in [0.05, 0.1) is 23.0 Å². The van der Waals surface area contributed by atoms with Crippen LogP contribution in [0, 0.1) is 22.7 Å². The van der Waals surface area contributed by atoms with Gasteiger partial charge in [0.25, 0.3) is 0 Å². The van der Waals surface area contributed by atoms with Gasteiger partial charge in [-0.25, -0.2) is 0 Å². The molecule has 0 amide bonds. The summed E-state index contributed by atoms with van der Waals surface area (Å²) < 4.78 is 0. The van der Waals surface area contributed by atoms with E-state index in [4.69, 9.17) is 11.6 Å². The van der Waals surface area contributed by atoms with E-state index in [0.717, 1.165) is 25.7 Å². The lowest BCUT2D eigenvalue weighted by molar-refractivity contribution is 0.0178. The third-order valence-corrected chi connectivity index (χ3v) is 4.38. The Morgan fingerprint density at radius 1 is 1.43 bits per heavy atom. The number of nitrogens with zero attached hydrogens (tertiary/aromatic N) is 1. The number of hydrogen-bond donors (Lipinski definition) is 1. The van der Waals surface area contributed by atoms with Gasteiger partial charge in [-0.3, -0.25) is 0 Å². The minimum atomic E-state index is -0.402. The summed E-state index contributed by atoms with van der Waals surface area (Å²) in [6.07, 6.45) is 5.41. The molecule has 0 bridgehead atoms. The maximum absolute atomic E-state index is 9.69. The molecule has 0 aromatic rings. The van der Waals surface area contributed by atoms with Gasteiger partial charge in [0, 0.05) is 0 Å². The quantitative estimate of drug-likeness (QED) is 0.629. The Morgan fingerprint density at radius 2 is 2.21 bits per heavy atom. The third-order valence-electron chi connectivity index (χ3n) is 3.93. The zero-order valence-electron chi connectivity index (χ0n) is 8.25. The molecule has 2 rings (SSSR count). The largest absolute Gasteiger partial charge is 0.392 e. The molecular formula is C11H16ClNO. The monoisotopic (exact) mass is 213 g/mol. The summed E-state index contributed by atoms with van der Waals surface area (Å²) in [4.78, 5) is 0. The highest BCUT2D eigenvalue weighted by atomic mass is 35.5. The molecule has 14 heavy (non-hydrogen) atoms. The molecule has 0 aromatic carbocycles. The molecule has 4 atom stereocenters. The van der Waals surface area contributed by atoms with Gasteiger partial charge in [0.15, 0.2) is 0 Å². The van der Waals surface area contributed by atoms with E-state index in [9.17, 15) is 10.4 Å². The summed E-state index contributed by atoms with van der Waals surface area (Å²) >= 11 is 6.05. The van der Waals surface area contributed by atoms with Gasteiger partial charge in [-0.05, 0) is 31.6 Å². The average molecular weight is 214 g/mol. The van der Waals surface area contributed by atoms with Crippen LogP contribution in [-0.4, -0.2) is 16.6 Å². The normalized spacial score (nSPS) is 47.9. The maximum atomic E-state index is 9.69. The molecule has 1 N–H and O–H groups in total.